The molecule has 0 saturated carbocycles. The van der Waals surface area contributed by atoms with Gasteiger partial charge < -0.3 is 5.32 Å². The maximum Gasteiger partial charge on any atom is 0.0384 e. The molecule has 70 valence electrons. The van der Waals surface area contributed by atoms with E-state index in [1.54, 1.807) is 0 Å². The average Bonchev–Trinajstić information content (AvgIpc) is 2.21. The van der Waals surface area contributed by atoms with E-state index in [0.717, 1.165) is 11.4 Å². The van der Waals surface area contributed by atoms with Gasteiger partial charge in [0.1, 0.15) is 0 Å². The van der Waals surface area contributed by atoms with Crippen molar-refractivity contribution in [3.8, 4) is 0 Å². The van der Waals surface area contributed by atoms with Crippen LogP contribution in [0.1, 0.15) is 0 Å². The molecule has 0 spiro atoms. The van der Waals surface area contributed by atoms with Crippen molar-refractivity contribution in [3.05, 3.63) is 60.7 Å². The van der Waals surface area contributed by atoms with Gasteiger partial charge >= 0.3 is 0 Å². The fourth-order valence-corrected chi connectivity index (χ4v) is 1.21. The Kier molecular flexibility index (Phi) is 4.41. The maximum absolute atomic E-state index is 3.30. The predicted octanol–water partition coefficient (Wildman–Crippen LogP) is 3.43. The van der Waals surface area contributed by atoms with Crippen molar-refractivity contribution in [2.75, 3.05) is 5.32 Å². The van der Waals surface area contributed by atoms with Crippen molar-refractivity contribution in [2.45, 2.75) is 0 Å². The van der Waals surface area contributed by atoms with Gasteiger partial charge in [-0.25, -0.2) is 0 Å². The Labute approximate surface area is 98.4 Å². The maximum atomic E-state index is 3.30. The van der Waals surface area contributed by atoms with Crippen molar-refractivity contribution >= 4 is 11.4 Å². The van der Waals surface area contributed by atoms with E-state index in [1.807, 2.05) is 60.7 Å². The minimum absolute atomic E-state index is 0. The molecule has 0 bridgehead atoms. The number of anilines is 2. The van der Waals surface area contributed by atoms with E-state index in [0.29, 0.717) is 0 Å². The molecule has 2 aromatic rings. The van der Waals surface area contributed by atoms with E-state index in [1.165, 1.54) is 0 Å². The fourth-order valence-electron chi connectivity index (χ4n) is 1.21. The monoisotopic (exact) mass is 267 g/mol. The zero-order chi connectivity index (χ0) is 8.93. The average molecular weight is 265 g/mol. The molecule has 1 nitrogen and oxygen atoms in total. The molecule has 14 heavy (non-hydrogen) atoms. The van der Waals surface area contributed by atoms with Crippen LogP contribution < -0.4 is 5.32 Å². The molecule has 0 aliphatic heterocycles. The van der Waals surface area contributed by atoms with Gasteiger partial charge in [0.25, 0.3) is 0 Å². The van der Waals surface area contributed by atoms with Crippen molar-refractivity contribution in [2.24, 2.45) is 0 Å². The number of nitrogens with one attached hydrogen (secondary N) is 1. The van der Waals surface area contributed by atoms with E-state index >= 15 is 0 Å². The topological polar surface area (TPSA) is 12.0 Å². The number of rotatable bonds is 2. The number of para-hydroxylation sites is 2. The third-order valence-corrected chi connectivity index (χ3v) is 1.84. The molecule has 0 aromatic heterocycles. The molecule has 0 heterocycles. The van der Waals surface area contributed by atoms with Crippen molar-refractivity contribution in [1.29, 1.82) is 0 Å². The van der Waals surface area contributed by atoms with Gasteiger partial charge in [0.2, 0.25) is 0 Å². The minimum atomic E-state index is 0. The summed E-state index contributed by atoms with van der Waals surface area (Å²) in [7, 11) is 0. The molecule has 0 fully saturated rings. The van der Waals surface area contributed by atoms with Gasteiger partial charge in [0.05, 0.1) is 0 Å². The van der Waals surface area contributed by atoms with Crippen molar-refractivity contribution < 1.29 is 21.1 Å². The summed E-state index contributed by atoms with van der Waals surface area (Å²) in [4.78, 5) is 0. The first-order valence-electron chi connectivity index (χ1n) is 4.32. The Morgan fingerprint density at radius 1 is 0.571 bits per heavy atom. The molecule has 0 radical (unpaired) electrons. The Balaban J connectivity index is 0.000000980. The Morgan fingerprint density at radius 3 is 1.29 bits per heavy atom. The fraction of sp³-hybridized carbons (Fsp3) is 0. The third kappa shape index (κ3) is 3.01. The number of benzene rings is 2. The van der Waals surface area contributed by atoms with Gasteiger partial charge in [0, 0.05) is 32.4 Å². The van der Waals surface area contributed by atoms with Gasteiger partial charge in [-0.2, -0.15) is 0 Å². The van der Waals surface area contributed by atoms with Crippen LogP contribution in [-0.2, 0) is 21.1 Å². The molecule has 2 aromatic carbocycles. The van der Waals surface area contributed by atoms with Crippen LogP contribution in [0.3, 0.4) is 0 Å². The van der Waals surface area contributed by atoms with Crippen molar-refractivity contribution in [1.82, 2.24) is 0 Å². The largest absolute Gasteiger partial charge is 0.356 e. The molecular formula is C12H11MoN. The van der Waals surface area contributed by atoms with Crippen LogP contribution >= 0.6 is 0 Å². The SMILES string of the molecule is [Mo].c1ccc(Nc2ccccc2)cc1. The van der Waals surface area contributed by atoms with E-state index in [4.69, 9.17) is 0 Å². The molecule has 0 amide bonds. The van der Waals surface area contributed by atoms with Gasteiger partial charge in [-0.3, -0.25) is 0 Å². The third-order valence-electron chi connectivity index (χ3n) is 1.84. The Morgan fingerprint density at radius 2 is 0.929 bits per heavy atom. The van der Waals surface area contributed by atoms with Crippen LogP contribution in [0.25, 0.3) is 0 Å². The minimum Gasteiger partial charge on any atom is -0.356 e. The predicted molar refractivity (Wildman–Crippen MR) is 56.2 cm³/mol. The van der Waals surface area contributed by atoms with Gasteiger partial charge in [-0.05, 0) is 24.3 Å². The summed E-state index contributed by atoms with van der Waals surface area (Å²) in [6.45, 7) is 0. The van der Waals surface area contributed by atoms with E-state index in [9.17, 15) is 0 Å². The molecule has 1 N–H and O–H groups in total. The van der Waals surface area contributed by atoms with Crippen LogP contribution in [0.5, 0.6) is 0 Å². The van der Waals surface area contributed by atoms with Crippen LogP contribution in [0.4, 0.5) is 11.4 Å². The quantitative estimate of drug-likeness (QED) is 0.820. The Hall–Kier alpha value is -1.07. The summed E-state index contributed by atoms with van der Waals surface area (Å²) in [5.74, 6) is 0. The van der Waals surface area contributed by atoms with E-state index in [2.05, 4.69) is 5.32 Å². The van der Waals surface area contributed by atoms with Crippen LogP contribution in [-0.4, -0.2) is 0 Å². The van der Waals surface area contributed by atoms with Gasteiger partial charge in [-0.15, -0.1) is 0 Å². The zero-order valence-electron chi connectivity index (χ0n) is 7.68. The first kappa shape index (κ1) is 11.0. The summed E-state index contributed by atoms with van der Waals surface area (Å²) in [6.07, 6.45) is 0. The number of hydrogen-bond donors (Lipinski definition) is 1. The molecule has 0 saturated heterocycles. The molecule has 0 aliphatic rings. The van der Waals surface area contributed by atoms with E-state index in [-0.39, 0.29) is 21.1 Å². The van der Waals surface area contributed by atoms with E-state index < -0.39 is 0 Å². The van der Waals surface area contributed by atoms with Gasteiger partial charge in [-0.1, -0.05) is 36.4 Å². The number of hydrogen-bond acceptors (Lipinski definition) is 1. The smallest absolute Gasteiger partial charge is 0.0384 e. The molecular weight excluding hydrogens is 254 g/mol. The molecule has 2 rings (SSSR count). The second kappa shape index (κ2) is 5.61. The molecule has 0 aliphatic carbocycles. The molecule has 0 atom stereocenters. The summed E-state index contributed by atoms with van der Waals surface area (Å²) in [6, 6.07) is 20.3. The second-order valence-corrected chi connectivity index (χ2v) is 2.86. The normalized spacial score (nSPS) is 8.86. The molecule has 2 heteroatoms. The zero-order valence-corrected chi connectivity index (χ0v) is 9.69. The Bertz CT molecular complexity index is 321. The van der Waals surface area contributed by atoms with Crippen LogP contribution in [0, 0.1) is 0 Å². The summed E-state index contributed by atoms with van der Waals surface area (Å²) in [5, 5.41) is 3.30. The molecule has 0 unspecified atom stereocenters. The first-order chi connectivity index (χ1) is 6.45. The van der Waals surface area contributed by atoms with Crippen LogP contribution in [0.15, 0.2) is 60.7 Å². The summed E-state index contributed by atoms with van der Waals surface area (Å²) >= 11 is 0. The van der Waals surface area contributed by atoms with Gasteiger partial charge in [0.15, 0.2) is 0 Å². The van der Waals surface area contributed by atoms with Crippen molar-refractivity contribution in [3.63, 3.8) is 0 Å². The summed E-state index contributed by atoms with van der Waals surface area (Å²) in [5.41, 5.74) is 2.24. The van der Waals surface area contributed by atoms with Crippen LogP contribution in [0.2, 0.25) is 0 Å². The summed E-state index contributed by atoms with van der Waals surface area (Å²) < 4.78 is 0. The standard InChI is InChI=1S/C12H11N.Mo/c1-3-7-11(8-4-1)13-12-9-5-2-6-10-12;/h1-10,13H;. The second-order valence-electron chi connectivity index (χ2n) is 2.86. The first-order valence-corrected chi connectivity index (χ1v) is 4.32.